The van der Waals surface area contributed by atoms with Crippen LogP contribution in [0.1, 0.15) is 81.1 Å². The molecule has 0 bridgehead atoms. The minimum atomic E-state index is -1.09. The molecular weight excluding hydrogens is 502 g/mol. The first kappa shape index (κ1) is 35.5. The van der Waals surface area contributed by atoms with Gasteiger partial charge in [0.05, 0.1) is 11.7 Å². The highest BCUT2D eigenvalue weighted by Gasteiger charge is 2.32. The van der Waals surface area contributed by atoms with Gasteiger partial charge in [-0.15, -0.1) is 6.58 Å². The van der Waals surface area contributed by atoms with Gasteiger partial charge in [-0.05, 0) is 70.6 Å². The summed E-state index contributed by atoms with van der Waals surface area (Å²) in [7, 11) is 1.44. The van der Waals surface area contributed by atoms with Gasteiger partial charge in [-0.25, -0.2) is 5.06 Å². The van der Waals surface area contributed by atoms with Gasteiger partial charge in [0, 0.05) is 18.9 Å². The van der Waals surface area contributed by atoms with E-state index in [1.54, 1.807) is 19.9 Å². The van der Waals surface area contributed by atoms with Crippen LogP contribution in [0.25, 0.3) is 0 Å². The lowest BCUT2D eigenvalue weighted by atomic mass is 9.88. The maximum absolute atomic E-state index is 13.2. The molecule has 0 spiro atoms. The predicted molar refractivity (Wildman–Crippen MR) is 165 cm³/mol. The van der Waals surface area contributed by atoms with Crippen molar-refractivity contribution in [2.45, 2.75) is 105 Å². The normalized spacial score (nSPS) is 17.8. The maximum Gasteiger partial charge on any atom is 0.167 e. The second-order valence-corrected chi connectivity index (χ2v) is 11.2. The van der Waals surface area contributed by atoms with Crippen molar-refractivity contribution in [1.29, 1.82) is 0 Å². The number of hydrogen-bond acceptors (Lipinski definition) is 6. The topological polar surface area (TPSA) is 76.1 Å². The third-order valence-electron chi connectivity index (χ3n) is 7.69. The van der Waals surface area contributed by atoms with E-state index in [-0.39, 0.29) is 41.5 Å². The molecule has 6 heteroatoms. The molecule has 0 saturated carbocycles. The van der Waals surface area contributed by atoms with Crippen LogP contribution in [0.2, 0.25) is 0 Å². The number of allylic oxidation sites excluding steroid dienone is 2. The fraction of sp³-hybridized carbons (Fsp3) is 0.588. The molecule has 0 fully saturated rings. The van der Waals surface area contributed by atoms with Gasteiger partial charge in [-0.2, -0.15) is 0 Å². The number of anilines is 1. The van der Waals surface area contributed by atoms with Gasteiger partial charge >= 0.3 is 0 Å². The van der Waals surface area contributed by atoms with Crippen LogP contribution >= 0.6 is 0 Å². The van der Waals surface area contributed by atoms with E-state index in [9.17, 15) is 14.7 Å². The monoisotopic (exact) mass is 555 g/mol. The second-order valence-electron chi connectivity index (χ2n) is 11.2. The first-order valence-corrected chi connectivity index (χ1v) is 14.6. The largest absolute Gasteiger partial charge is 0.386 e. The Morgan fingerprint density at radius 2 is 1.65 bits per heavy atom. The van der Waals surface area contributed by atoms with Crippen molar-refractivity contribution in [3.05, 3.63) is 66.3 Å². The van der Waals surface area contributed by atoms with E-state index in [1.807, 2.05) is 55.3 Å². The van der Waals surface area contributed by atoms with Crippen molar-refractivity contribution in [2.24, 2.45) is 17.8 Å². The minimum Gasteiger partial charge on any atom is -0.386 e. The summed E-state index contributed by atoms with van der Waals surface area (Å²) in [6.07, 6.45) is 6.98. The number of carbonyl (C=O) groups excluding carboxylic acids is 2. The molecule has 1 N–H and O–H groups in total. The molecule has 0 aliphatic rings. The molecule has 0 radical (unpaired) electrons. The molecule has 0 aromatic heterocycles. The van der Waals surface area contributed by atoms with Crippen LogP contribution in [0.4, 0.5) is 5.69 Å². The zero-order valence-corrected chi connectivity index (χ0v) is 26.2. The number of para-hydroxylation sites is 1. The van der Waals surface area contributed by atoms with Crippen molar-refractivity contribution in [1.82, 2.24) is 0 Å². The molecule has 40 heavy (non-hydrogen) atoms. The van der Waals surface area contributed by atoms with Crippen molar-refractivity contribution in [2.75, 3.05) is 12.2 Å². The smallest absolute Gasteiger partial charge is 0.167 e. The lowest BCUT2D eigenvalue weighted by molar-refractivity contribution is -0.137. The first-order chi connectivity index (χ1) is 18.9. The Morgan fingerprint density at radius 1 is 1.02 bits per heavy atom. The summed E-state index contributed by atoms with van der Waals surface area (Å²) in [5, 5.41) is 12.8. The van der Waals surface area contributed by atoms with E-state index < -0.39 is 12.2 Å². The van der Waals surface area contributed by atoms with Crippen LogP contribution in [0, 0.1) is 17.8 Å². The van der Waals surface area contributed by atoms with Crippen LogP contribution in [0.3, 0.4) is 0 Å². The van der Waals surface area contributed by atoms with Crippen LogP contribution < -0.4 is 5.06 Å². The lowest BCUT2D eigenvalue weighted by Crippen LogP contribution is -2.41. The first-order valence-electron chi connectivity index (χ1n) is 14.6. The van der Waals surface area contributed by atoms with Gasteiger partial charge in [-0.3, -0.25) is 14.4 Å². The van der Waals surface area contributed by atoms with E-state index in [4.69, 9.17) is 9.57 Å². The van der Waals surface area contributed by atoms with Crippen LogP contribution in [-0.4, -0.2) is 48.1 Å². The highest BCUT2D eigenvalue weighted by atomic mass is 16.7. The number of ketones is 2. The average molecular weight is 556 g/mol. The number of ether oxygens (including phenoxy) is 1. The number of methoxy groups -OCH3 is 1. The van der Waals surface area contributed by atoms with Crippen molar-refractivity contribution < 1.29 is 24.3 Å². The summed E-state index contributed by atoms with van der Waals surface area (Å²) in [6.45, 7) is 19.5. The van der Waals surface area contributed by atoms with Gasteiger partial charge in [-0.1, -0.05) is 76.1 Å². The van der Waals surface area contributed by atoms with Crippen molar-refractivity contribution >= 4 is 17.3 Å². The third-order valence-corrected chi connectivity index (χ3v) is 7.69. The van der Waals surface area contributed by atoms with Crippen LogP contribution in [0.15, 0.2) is 66.3 Å². The molecule has 224 valence electrons. The summed E-state index contributed by atoms with van der Waals surface area (Å²) in [5.74, 6) is -0.521. The Hall–Kier alpha value is -2.54. The molecule has 0 aliphatic carbocycles. The second kappa shape index (κ2) is 18.0. The van der Waals surface area contributed by atoms with Gasteiger partial charge in [0.25, 0.3) is 0 Å². The Morgan fingerprint density at radius 3 is 2.17 bits per heavy atom. The summed E-state index contributed by atoms with van der Waals surface area (Å²) in [4.78, 5) is 31.3. The quantitative estimate of drug-likeness (QED) is 0.143. The number of nitrogens with zero attached hydrogens (tertiary/aromatic N) is 1. The number of hydroxylamine groups is 1. The lowest BCUT2D eigenvalue weighted by Gasteiger charge is -2.36. The molecule has 0 aliphatic heterocycles. The Kier molecular flexibility index (Phi) is 16.0. The molecule has 1 rings (SSSR count). The zero-order chi connectivity index (χ0) is 30.4. The molecule has 0 amide bonds. The number of carbonyl (C=O) groups is 2. The fourth-order valence-electron chi connectivity index (χ4n) is 4.75. The maximum atomic E-state index is 13.2. The minimum absolute atomic E-state index is 0.00499. The number of aliphatic hydroxyl groups is 1. The molecule has 0 heterocycles. The number of benzene rings is 1. The van der Waals surface area contributed by atoms with E-state index in [2.05, 4.69) is 33.4 Å². The Labute approximate surface area is 243 Å². The Bertz CT molecular complexity index is 985. The zero-order valence-electron chi connectivity index (χ0n) is 26.2. The molecule has 7 atom stereocenters. The Balaban J connectivity index is 2.91. The van der Waals surface area contributed by atoms with Crippen molar-refractivity contribution in [3.8, 4) is 0 Å². The van der Waals surface area contributed by atoms with Gasteiger partial charge in [0.15, 0.2) is 5.78 Å². The van der Waals surface area contributed by atoms with Crippen LogP contribution in [-0.2, 0) is 19.2 Å². The number of hydrogen-bond donors (Lipinski definition) is 1. The summed E-state index contributed by atoms with van der Waals surface area (Å²) in [5.41, 5.74) is 2.81. The third kappa shape index (κ3) is 11.1. The molecule has 1 aromatic carbocycles. The predicted octanol–water partition coefficient (Wildman–Crippen LogP) is 7.28. The highest BCUT2D eigenvalue weighted by molar-refractivity contribution is 5.86. The molecule has 1 aromatic rings. The molecule has 6 nitrogen and oxygen atoms in total. The van der Waals surface area contributed by atoms with E-state index in [1.165, 1.54) is 19.6 Å². The molecule has 4 unspecified atom stereocenters. The molecular formula is C34H53NO5. The number of Topliss-reactive ketones (excluding diaryl/α,β-unsaturated/α-hetero) is 2. The van der Waals surface area contributed by atoms with Gasteiger partial charge < -0.3 is 9.84 Å². The average Bonchev–Trinajstić information content (AvgIpc) is 2.93. The summed E-state index contributed by atoms with van der Waals surface area (Å²) >= 11 is 0. The van der Waals surface area contributed by atoms with E-state index in [0.29, 0.717) is 12.0 Å². The molecule has 0 saturated heterocycles. The van der Waals surface area contributed by atoms with Crippen molar-refractivity contribution in [3.63, 3.8) is 0 Å². The highest BCUT2D eigenvalue weighted by Crippen LogP contribution is 2.28. The summed E-state index contributed by atoms with van der Waals surface area (Å²) < 4.78 is 5.43. The van der Waals surface area contributed by atoms with E-state index in [0.717, 1.165) is 24.9 Å². The summed E-state index contributed by atoms with van der Waals surface area (Å²) in [6, 6.07) is 10.0. The number of aliphatic hydroxyl groups excluding tert-OH is 1. The number of rotatable bonds is 19. The van der Waals surface area contributed by atoms with E-state index >= 15 is 0 Å². The fourth-order valence-corrected chi connectivity index (χ4v) is 4.75. The standard InChI is InChI=1S/C34H53NO5/c1-11-23(3)21-28(8)40-35(30-19-14-13-15-20-30)31(12-2)24(4)17-16-18-25(5)32(37)34(39-10)33(38)27(7)22-26(6)29(9)36/h12-15,19-22,24-26,28,31,33-34,38H,2,11,16-18H2,1,3-10H3/b23-21+,27-22+/t24-,25?,26+,28?,31?,33?,34-/m0/s1. The van der Waals surface area contributed by atoms with Gasteiger partial charge in [0.1, 0.15) is 24.1 Å². The van der Waals surface area contributed by atoms with Crippen LogP contribution in [0.5, 0.6) is 0 Å². The SMILES string of the molecule is C=CC([C@@H](C)CCCC(C)C(=O)[C@H](OC)C(O)/C(C)=C/[C@@H](C)C(C)=O)N(OC(C)/C=C(\C)CC)c1ccccc1. The van der Waals surface area contributed by atoms with Gasteiger partial charge in [0.2, 0.25) is 0 Å².